The number of hydrogen-bond acceptors (Lipinski definition) is 4. The molecule has 8 heteroatoms. The van der Waals surface area contributed by atoms with E-state index in [0.29, 0.717) is 27.9 Å². The maximum atomic E-state index is 12.8. The molecule has 0 atom stereocenters. The number of urea groups is 1. The van der Waals surface area contributed by atoms with Crippen LogP contribution in [0, 0.1) is 0 Å². The number of aromatic nitrogens is 2. The van der Waals surface area contributed by atoms with Crippen LogP contribution >= 0.6 is 11.6 Å². The average Bonchev–Trinajstić information content (AvgIpc) is 3.14. The Kier molecular flexibility index (Phi) is 5.45. The van der Waals surface area contributed by atoms with Gasteiger partial charge in [0, 0.05) is 35.1 Å². The predicted molar refractivity (Wildman–Crippen MR) is 119 cm³/mol. The van der Waals surface area contributed by atoms with Gasteiger partial charge in [-0.25, -0.2) is 4.79 Å². The van der Waals surface area contributed by atoms with E-state index in [0.717, 1.165) is 22.2 Å². The van der Waals surface area contributed by atoms with E-state index in [4.69, 9.17) is 21.1 Å². The standard InChI is InChI=1S/C22H19ClN4O3/c1-29-17-7-6-14(12-18(17)30-2)25-22(28)27-21-15-4-3-5-16(23)20(15)26-19(21)13-8-10-24-11-9-13/h3-12,26H,1-2H3,(H2,25,27,28). The van der Waals surface area contributed by atoms with Crippen LogP contribution in [-0.4, -0.2) is 30.2 Å². The molecule has 30 heavy (non-hydrogen) atoms. The highest BCUT2D eigenvalue weighted by Crippen LogP contribution is 2.37. The minimum atomic E-state index is -0.404. The van der Waals surface area contributed by atoms with Crippen molar-refractivity contribution in [2.75, 3.05) is 24.9 Å². The fourth-order valence-corrected chi connectivity index (χ4v) is 3.46. The van der Waals surface area contributed by atoms with E-state index in [-0.39, 0.29) is 0 Å². The molecule has 0 spiro atoms. The molecule has 2 aromatic carbocycles. The minimum Gasteiger partial charge on any atom is -0.493 e. The van der Waals surface area contributed by atoms with Crippen molar-refractivity contribution >= 4 is 39.9 Å². The van der Waals surface area contributed by atoms with Gasteiger partial charge in [0.15, 0.2) is 11.5 Å². The van der Waals surface area contributed by atoms with Crippen molar-refractivity contribution in [2.24, 2.45) is 0 Å². The Bertz CT molecular complexity index is 1210. The number of amides is 2. The first kappa shape index (κ1) is 19.6. The van der Waals surface area contributed by atoms with E-state index in [9.17, 15) is 4.79 Å². The molecule has 0 aliphatic heterocycles. The molecule has 0 saturated carbocycles. The molecular formula is C22H19ClN4O3. The number of fused-ring (bicyclic) bond motifs is 1. The number of carbonyl (C=O) groups excluding carboxylic acids is 1. The minimum absolute atomic E-state index is 0.404. The van der Waals surface area contributed by atoms with Gasteiger partial charge in [-0.3, -0.25) is 4.98 Å². The monoisotopic (exact) mass is 422 g/mol. The van der Waals surface area contributed by atoms with Crippen LogP contribution in [0.1, 0.15) is 0 Å². The number of carbonyl (C=O) groups is 1. The number of H-pyrrole nitrogens is 1. The summed E-state index contributed by atoms with van der Waals surface area (Å²) in [4.78, 5) is 20.2. The number of pyridine rings is 1. The molecule has 7 nitrogen and oxygen atoms in total. The van der Waals surface area contributed by atoms with Crippen molar-refractivity contribution in [3.63, 3.8) is 0 Å². The molecule has 0 saturated heterocycles. The molecule has 0 fully saturated rings. The molecule has 2 heterocycles. The average molecular weight is 423 g/mol. The highest BCUT2D eigenvalue weighted by Gasteiger charge is 2.17. The third-order valence-electron chi connectivity index (χ3n) is 4.63. The molecule has 0 radical (unpaired) electrons. The number of halogens is 1. The number of aromatic amines is 1. The Balaban J connectivity index is 1.68. The summed E-state index contributed by atoms with van der Waals surface area (Å²) in [5.41, 5.74) is 3.54. The van der Waals surface area contributed by atoms with Crippen LogP contribution in [0.25, 0.3) is 22.2 Å². The van der Waals surface area contributed by atoms with E-state index >= 15 is 0 Å². The van der Waals surface area contributed by atoms with Crippen molar-refractivity contribution in [3.05, 3.63) is 65.9 Å². The summed E-state index contributed by atoms with van der Waals surface area (Å²) in [6, 6.07) is 14.0. The molecular weight excluding hydrogens is 404 g/mol. The zero-order valence-corrected chi connectivity index (χ0v) is 17.1. The Morgan fingerprint density at radius 2 is 1.77 bits per heavy atom. The maximum absolute atomic E-state index is 12.8. The lowest BCUT2D eigenvalue weighted by molar-refractivity contribution is 0.262. The lowest BCUT2D eigenvalue weighted by atomic mass is 10.1. The molecule has 4 aromatic rings. The van der Waals surface area contributed by atoms with Crippen molar-refractivity contribution in [1.82, 2.24) is 9.97 Å². The lowest BCUT2D eigenvalue weighted by Crippen LogP contribution is -2.19. The fourth-order valence-electron chi connectivity index (χ4n) is 3.24. The number of hydrogen-bond donors (Lipinski definition) is 3. The summed E-state index contributed by atoms with van der Waals surface area (Å²) >= 11 is 6.36. The van der Waals surface area contributed by atoms with E-state index < -0.39 is 6.03 Å². The second-order valence-corrected chi connectivity index (χ2v) is 6.83. The maximum Gasteiger partial charge on any atom is 0.323 e. The molecule has 0 bridgehead atoms. The third-order valence-corrected chi connectivity index (χ3v) is 4.95. The number of nitrogens with zero attached hydrogens (tertiary/aromatic N) is 1. The van der Waals surface area contributed by atoms with Crippen LogP contribution in [0.5, 0.6) is 11.5 Å². The smallest absolute Gasteiger partial charge is 0.323 e. The van der Waals surface area contributed by atoms with Gasteiger partial charge < -0.3 is 25.1 Å². The van der Waals surface area contributed by atoms with Crippen molar-refractivity contribution in [3.8, 4) is 22.8 Å². The van der Waals surface area contributed by atoms with Gasteiger partial charge in [-0.05, 0) is 30.3 Å². The third kappa shape index (κ3) is 3.75. The van der Waals surface area contributed by atoms with Crippen LogP contribution in [0.2, 0.25) is 5.02 Å². The summed E-state index contributed by atoms with van der Waals surface area (Å²) in [7, 11) is 3.10. The number of methoxy groups -OCH3 is 2. The first-order valence-electron chi connectivity index (χ1n) is 9.11. The van der Waals surface area contributed by atoms with Crippen LogP contribution in [0.3, 0.4) is 0 Å². The van der Waals surface area contributed by atoms with Gasteiger partial charge in [-0.1, -0.05) is 23.7 Å². The summed E-state index contributed by atoms with van der Waals surface area (Å²) in [5.74, 6) is 1.10. The molecule has 0 aliphatic carbocycles. The van der Waals surface area contributed by atoms with Crippen LogP contribution < -0.4 is 20.1 Å². The zero-order chi connectivity index (χ0) is 21.1. The molecule has 0 aliphatic rings. The van der Waals surface area contributed by atoms with Crippen LogP contribution in [0.4, 0.5) is 16.2 Å². The SMILES string of the molecule is COc1ccc(NC(=O)Nc2c(-c3ccncc3)[nH]c3c(Cl)cccc23)cc1OC. The topological polar surface area (TPSA) is 88.3 Å². The van der Waals surface area contributed by atoms with Gasteiger partial charge in [-0.2, -0.15) is 0 Å². The largest absolute Gasteiger partial charge is 0.493 e. The summed E-state index contributed by atoms with van der Waals surface area (Å²) in [5, 5.41) is 7.13. The quantitative estimate of drug-likeness (QED) is 0.393. The predicted octanol–water partition coefficient (Wildman–Crippen LogP) is 5.54. The summed E-state index contributed by atoms with van der Waals surface area (Å²) in [6.45, 7) is 0. The van der Waals surface area contributed by atoms with Gasteiger partial charge in [0.2, 0.25) is 0 Å². The van der Waals surface area contributed by atoms with Gasteiger partial charge in [-0.15, -0.1) is 0 Å². The normalized spacial score (nSPS) is 10.6. The number of nitrogens with one attached hydrogen (secondary N) is 3. The van der Waals surface area contributed by atoms with Crippen LogP contribution in [-0.2, 0) is 0 Å². The highest BCUT2D eigenvalue weighted by molar-refractivity contribution is 6.36. The van der Waals surface area contributed by atoms with E-state index in [1.807, 2.05) is 24.3 Å². The lowest BCUT2D eigenvalue weighted by Gasteiger charge is -2.12. The van der Waals surface area contributed by atoms with Gasteiger partial charge >= 0.3 is 6.03 Å². The summed E-state index contributed by atoms with van der Waals surface area (Å²) < 4.78 is 10.5. The van der Waals surface area contributed by atoms with Gasteiger partial charge in [0.1, 0.15) is 0 Å². The highest BCUT2D eigenvalue weighted by atomic mass is 35.5. The fraction of sp³-hybridized carbons (Fsp3) is 0.0909. The van der Waals surface area contributed by atoms with Gasteiger partial charge in [0.25, 0.3) is 0 Å². The van der Waals surface area contributed by atoms with Crippen molar-refractivity contribution < 1.29 is 14.3 Å². The second-order valence-electron chi connectivity index (χ2n) is 6.42. The number of ether oxygens (including phenoxy) is 2. The Morgan fingerprint density at radius 3 is 2.50 bits per heavy atom. The van der Waals surface area contributed by atoms with E-state index in [2.05, 4.69) is 20.6 Å². The first-order chi connectivity index (χ1) is 14.6. The molecule has 3 N–H and O–H groups in total. The molecule has 0 unspecified atom stereocenters. The Labute approximate surface area is 178 Å². The second kappa shape index (κ2) is 8.34. The number of anilines is 2. The molecule has 2 aromatic heterocycles. The Morgan fingerprint density at radius 1 is 1.00 bits per heavy atom. The van der Waals surface area contributed by atoms with E-state index in [1.54, 1.807) is 50.9 Å². The zero-order valence-electron chi connectivity index (χ0n) is 16.3. The van der Waals surface area contributed by atoms with E-state index in [1.165, 1.54) is 0 Å². The first-order valence-corrected chi connectivity index (χ1v) is 9.49. The van der Waals surface area contributed by atoms with Crippen molar-refractivity contribution in [1.29, 1.82) is 0 Å². The van der Waals surface area contributed by atoms with Crippen molar-refractivity contribution in [2.45, 2.75) is 0 Å². The van der Waals surface area contributed by atoms with Gasteiger partial charge in [0.05, 0.1) is 36.1 Å². The Hall–Kier alpha value is -3.71. The number of para-hydroxylation sites is 1. The van der Waals surface area contributed by atoms with Crippen LogP contribution in [0.15, 0.2) is 60.9 Å². The number of benzene rings is 2. The molecule has 2 amide bonds. The number of rotatable bonds is 5. The molecule has 4 rings (SSSR count). The molecule has 152 valence electrons. The summed E-state index contributed by atoms with van der Waals surface area (Å²) in [6.07, 6.45) is 3.38.